The van der Waals surface area contributed by atoms with Crippen LogP contribution < -0.4 is 11.1 Å². The lowest BCUT2D eigenvalue weighted by atomic mass is 10.3. The van der Waals surface area contributed by atoms with Crippen LogP contribution in [-0.2, 0) is 17.8 Å². The number of nitrogens with zero attached hydrogens (tertiary/aromatic N) is 3. The molecular weight excluding hydrogens is 232 g/mol. The number of H-pyrrole nitrogens is 1. The molecule has 2 rings (SSSR count). The molecule has 1 amide bonds. The summed E-state index contributed by atoms with van der Waals surface area (Å²) in [6.45, 7) is 0.814. The molecule has 0 fully saturated rings. The van der Waals surface area contributed by atoms with Gasteiger partial charge in [-0.1, -0.05) is 0 Å². The van der Waals surface area contributed by atoms with Gasteiger partial charge in [-0.25, -0.2) is 4.98 Å². The number of anilines is 1. The van der Waals surface area contributed by atoms with Crippen LogP contribution in [0.2, 0.25) is 0 Å². The Bertz CT molecular complexity index is 489. The number of hydrogen-bond acceptors (Lipinski definition) is 4. The van der Waals surface area contributed by atoms with E-state index in [2.05, 4.69) is 20.4 Å². The van der Waals surface area contributed by atoms with Crippen molar-refractivity contribution in [2.24, 2.45) is 0 Å². The van der Waals surface area contributed by atoms with Crippen molar-refractivity contribution in [3.8, 4) is 0 Å². The van der Waals surface area contributed by atoms with E-state index in [0.29, 0.717) is 12.2 Å². The molecule has 4 N–H and O–H groups in total. The van der Waals surface area contributed by atoms with E-state index in [9.17, 15) is 4.79 Å². The maximum Gasteiger partial charge on any atom is 0.241 e. The Morgan fingerprint density at radius 2 is 2.44 bits per heavy atom. The Balaban J connectivity index is 1.63. The summed E-state index contributed by atoms with van der Waals surface area (Å²) in [5.74, 6) is 0.863. The van der Waals surface area contributed by atoms with E-state index in [-0.39, 0.29) is 12.5 Å². The number of carbonyl (C=O) groups is 1. The molecule has 0 radical (unpaired) electrons. The van der Waals surface area contributed by atoms with Gasteiger partial charge in [0.05, 0.1) is 11.9 Å². The first-order valence-electron chi connectivity index (χ1n) is 5.77. The van der Waals surface area contributed by atoms with Gasteiger partial charge in [-0.05, 0) is 6.42 Å². The molecule has 0 saturated heterocycles. The number of carbonyl (C=O) groups excluding carboxylic acids is 1. The number of hydrogen-bond donors (Lipinski definition) is 3. The maximum absolute atomic E-state index is 11.5. The zero-order valence-corrected chi connectivity index (χ0v) is 9.97. The monoisotopic (exact) mass is 248 g/mol. The third kappa shape index (κ3) is 3.62. The van der Waals surface area contributed by atoms with Crippen LogP contribution in [0, 0.1) is 0 Å². The normalized spacial score (nSPS) is 10.4. The summed E-state index contributed by atoms with van der Waals surface area (Å²) in [6, 6.07) is 0. The minimum atomic E-state index is -0.0717. The molecule has 0 aromatic carbocycles. The largest absolute Gasteiger partial charge is 0.396 e. The van der Waals surface area contributed by atoms with Crippen LogP contribution in [0.15, 0.2) is 24.8 Å². The molecule has 0 bridgehead atoms. The minimum Gasteiger partial charge on any atom is -0.396 e. The second-order valence-corrected chi connectivity index (χ2v) is 3.96. The number of aromatic amines is 1. The molecule has 7 heteroatoms. The first-order valence-corrected chi connectivity index (χ1v) is 5.77. The van der Waals surface area contributed by atoms with E-state index in [0.717, 1.165) is 18.7 Å². The molecule has 0 aliphatic carbocycles. The van der Waals surface area contributed by atoms with Crippen LogP contribution >= 0.6 is 0 Å². The van der Waals surface area contributed by atoms with Crippen molar-refractivity contribution in [2.75, 3.05) is 12.3 Å². The van der Waals surface area contributed by atoms with Crippen LogP contribution in [0.4, 0.5) is 5.69 Å². The highest BCUT2D eigenvalue weighted by molar-refractivity contribution is 5.75. The van der Waals surface area contributed by atoms with Crippen molar-refractivity contribution in [1.29, 1.82) is 0 Å². The molecule has 0 atom stereocenters. The zero-order chi connectivity index (χ0) is 12.8. The topological polar surface area (TPSA) is 102 Å². The van der Waals surface area contributed by atoms with Crippen molar-refractivity contribution >= 4 is 11.6 Å². The predicted molar refractivity (Wildman–Crippen MR) is 66.6 cm³/mol. The fourth-order valence-electron chi connectivity index (χ4n) is 1.59. The molecule has 0 aliphatic heterocycles. The first-order chi connectivity index (χ1) is 8.74. The van der Waals surface area contributed by atoms with Gasteiger partial charge in [0.2, 0.25) is 5.91 Å². The molecule has 0 unspecified atom stereocenters. The first kappa shape index (κ1) is 12.2. The summed E-state index contributed by atoms with van der Waals surface area (Å²) >= 11 is 0. The molecule has 2 aromatic rings. The summed E-state index contributed by atoms with van der Waals surface area (Å²) < 4.78 is 1.51. The molecule has 7 nitrogen and oxygen atoms in total. The van der Waals surface area contributed by atoms with E-state index in [1.807, 2.05) is 0 Å². The Kier molecular flexibility index (Phi) is 3.95. The van der Waals surface area contributed by atoms with Crippen molar-refractivity contribution in [3.63, 3.8) is 0 Å². The lowest BCUT2D eigenvalue weighted by molar-refractivity contribution is -0.121. The molecule has 2 aromatic heterocycles. The van der Waals surface area contributed by atoms with Gasteiger partial charge in [0, 0.05) is 31.6 Å². The standard InChI is InChI=1S/C11H16N6O/c12-9-6-16-17(7-9)8-11(18)15-3-1-2-10-13-4-5-14-10/h4-7H,1-3,8,12H2,(H,13,14)(H,15,18). The number of nitrogen functional groups attached to an aromatic ring is 1. The quantitative estimate of drug-likeness (QED) is 0.623. The van der Waals surface area contributed by atoms with Crippen LogP contribution in [-0.4, -0.2) is 32.2 Å². The van der Waals surface area contributed by atoms with E-state index < -0.39 is 0 Å². The average Bonchev–Trinajstić information content (AvgIpc) is 2.96. The van der Waals surface area contributed by atoms with Gasteiger partial charge in [0.15, 0.2) is 0 Å². The second kappa shape index (κ2) is 5.85. The summed E-state index contributed by atoms with van der Waals surface area (Å²) in [4.78, 5) is 18.7. The van der Waals surface area contributed by atoms with Gasteiger partial charge in [0.25, 0.3) is 0 Å². The van der Waals surface area contributed by atoms with Crippen molar-refractivity contribution in [3.05, 3.63) is 30.6 Å². The molecular formula is C11H16N6O. The summed E-state index contributed by atoms with van der Waals surface area (Å²) in [5.41, 5.74) is 6.06. The van der Waals surface area contributed by atoms with Crippen molar-refractivity contribution in [2.45, 2.75) is 19.4 Å². The van der Waals surface area contributed by atoms with Gasteiger partial charge in [-0.3, -0.25) is 9.48 Å². The summed E-state index contributed by atoms with van der Waals surface area (Å²) in [5, 5.41) is 6.76. The number of amides is 1. The molecule has 2 heterocycles. The van der Waals surface area contributed by atoms with Crippen LogP contribution in [0.5, 0.6) is 0 Å². The highest BCUT2D eigenvalue weighted by atomic mass is 16.2. The lowest BCUT2D eigenvalue weighted by Crippen LogP contribution is -2.28. The van der Waals surface area contributed by atoms with Gasteiger partial charge in [-0.15, -0.1) is 0 Å². The Morgan fingerprint density at radius 1 is 1.56 bits per heavy atom. The highest BCUT2D eigenvalue weighted by Crippen LogP contribution is 1.97. The third-order valence-corrected chi connectivity index (χ3v) is 2.43. The maximum atomic E-state index is 11.5. The van der Waals surface area contributed by atoms with Crippen LogP contribution in [0.1, 0.15) is 12.2 Å². The average molecular weight is 248 g/mol. The smallest absolute Gasteiger partial charge is 0.241 e. The Hall–Kier alpha value is -2.31. The fraction of sp³-hybridized carbons (Fsp3) is 0.364. The fourth-order valence-corrected chi connectivity index (χ4v) is 1.59. The second-order valence-electron chi connectivity index (χ2n) is 3.96. The van der Waals surface area contributed by atoms with Crippen LogP contribution in [0.3, 0.4) is 0 Å². The third-order valence-electron chi connectivity index (χ3n) is 2.43. The number of nitrogens with two attached hydrogens (primary N) is 1. The molecule has 0 aliphatic rings. The van der Waals surface area contributed by atoms with Crippen LogP contribution in [0.25, 0.3) is 0 Å². The van der Waals surface area contributed by atoms with E-state index in [1.54, 1.807) is 18.6 Å². The molecule has 0 saturated carbocycles. The SMILES string of the molecule is Nc1cnn(CC(=O)NCCCc2ncc[nH]2)c1. The van der Waals surface area contributed by atoms with Gasteiger partial charge >= 0.3 is 0 Å². The van der Waals surface area contributed by atoms with Gasteiger partial charge in [-0.2, -0.15) is 5.10 Å². The van der Waals surface area contributed by atoms with Crippen molar-refractivity contribution in [1.82, 2.24) is 25.1 Å². The van der Waals surface area contributed by atoms with Gasteiger partial charge in [0.1, 0.15) is 12.4 Å². The molecule has 18 heavy (non-hydrogen) atoms. The number of aryl methyl sites for hydroxylation is 1. The Labute approximate surface area is 104 Å². The lowest BCUT2D eigenvalue weighted by Gasteiger charge is -2.04. The van der Waals surface area contributed by atoms with E-state index in [4.69, 9.17) is 5.73 Å². The summed E-state index contributed by atoms with van der Waals surface area (Å²) in [7, 11) is 0. The highest BCUT2D eigenvalue weighted by Gasteiger charge is 2.03. The number of aromatic nitrogens is 4. The molecule has 96 valence electrons. The number of rotatable bonds is 6. The molecule has 0 spiro atoms. The minimum absolute atomic E-state index is 0.0717. The number of nitrogens with one attached hydrogen (secondary N) is 2. The number of imidazole rings is 1. The Morgan fingerprint density at radius 3 is 3.11 bits per heavy atom. The van der Waals surface area contributed by atoms with E-state index >= 15 is 0 Å². The predicted octanol–water partition coefficient (Wildman–Crippen LogP) is -0.0626. The van der Waals surface area contributed by atoms with E-state index in [1.165, 1.54) is 10.9 Å². The van der Waals surface area contributed by atoms with Gasteiger partial charge < -0.3 is 16.0 Å². The zero-order valence-electron chi connectivity index (χ0n) is 9.97. The van der Waals surface area contributed by atoms with Crippen molar-refractivity contribution < 1.29 is 4.79 Å². The summed E-state index contributed by atoms with van der Waals surface area (Å²) in [6.07, 6.45) is 8.32.